The van der Waals surface area contributed by atoms with E-state index in [2.05, 4.69) is 5.32 Å². The number of hydrogen-bond acceptors (Lipinski definition) is 3. The summed E-state index contributed by atoms with van der Waals surface area (Å²) in [5, 5.41) is 2.76. The average molecular weight is 323 g/mol. The molecule has 2 aromatic carbocycles. The number of nitrogens with one attached hydrogen (secondary N) is 1. The summed E-state index contributed by atoms with van der Waals surface area (Å²) in [6, 6.07) is 11.5. The fourth-order valence-electron chi connectivity index (χ4n) is 1.90. The Bertz CT molecular complexity index is 660. The third-order valence-corrected chi connectivity index (χ3v) is 3.67. The number of carbonyl (C=O) groups is 1. The van der Waals surface area contributed by atoms with E-state index in [1.807, 2.05) is 13.0 Å². The number of carbonyl (C=O) groups excluding carboxylic acids is 1. The molecule has 0 aromatic heterocycles. The number of benzene rings is 2. The molecule has 116 valence electrons. The number of hydrogen-bond donors (Lipinski definition) is 1. The lowest BCUT2D eigenvalue weighted by Gasteiger charge is -2.11. The third-order valence-electron chi connectivity index (χ3n) is 2.94. The van der Waals surface area contributed by atoms with Crippen molar-refractivity contribution in [2.24, 2.45) is 0 Å². The SMILES string of the molecule is COc1ccc(C)cc1NC(=O)c1ccc(SC(F)F)cc1. The molecule has 2 aromatic rings. The molecule has 0 spiro atoms. The Morgan fingerprint density at radius 1 is 1.18 bits per heavy atom. The molecule has 0 saturated carbocycles. The molecule has 6 heteroatoms. The Kier molecular flexibility index (Phi) is 5.38. The summed E-state index contributed by atoms with van der Waals surface area (Å²) in [7, 11) is 1.52. The van der Waals surface area contributed by atoms with Gasteiger partial charge in [-0.3, -0.25) is 4.79 Å². The molecule has 0 aliphatic heterocycles. The van der Waals surface area contributed by atoms with Crippen LogP contribution in [0.1, 0.15) is 15.9 Å². The van der Waals surface area contributed by atoms with Crippen LogP contribution in [-0.4, -0.2) is 18.8 Å². The highest BCUT2D eigenvalue weighted by Crippen LogP contribution is 2.27. The maximum Gasteiger partial charge on any atom is 0.288 e. The van der Waals surface area contributed by atoms with Crippen LogP contribution >= 0.6 is 11.8 Å². The highest BCUT2D eigenvalue weighted by molar-refractivity contribution is 7.99. The van der Waals surface area contributed by atoms with Crippen LogP contribution < -0.4 is 10.1 Å². The van der Waals surface area contributed by atoms with Gasteiger partial charge in [0.1, 0.15) is 5.75 Å². The van der Waals surface area contributed by atoms with Crippen LogP contribution in [0.4, 0.5) is 14.5 Å². The maximum atomic E-state index is 12.3. The number of methoxy groups -OCH3 is 1. The minimum absolute atomic E-state index is 0.322. The van der Waals surface area contributed by atoms with E-state index in [0.717, 1.165) is 5.56 Å². The number of aryl methyl sites for hydroxylation is 1. The Labute approximate surface area is 131 Å². The molecule has 0 aliphatic rings. The van der Waals surface area contributed by atoms with Crippen molar-refractivity contribution in [3.63, 3.8) is 0 Å². The molecule has 1 N–H and O–H groups in total. The Morgan fingerprint density at radius 3 is 2.45 bits per heavy atom. The predicted molar refractivity (Wildman–Crippen MR) is 84.0 cm³/mol. The standard InChI is InChI=1S/C16H15F2NO2S/c1-10-3-8-14(21-2)13(9-10)19-15(20)11-4-6-12(7-5-11)22-16(17)18/h3-9,16H,1-2H3,(H,19,20). The molecule has 3 nitrogen and oxygen atoms in total. The number of anilines is 1. The van der Waals surface area contributed by atoms with Crippen molar-refractivity contribution >= 4 is 23.4 Å². The topological polar surface area (TPSA) is 38.3 Å². The Morgan fingerprint density at radius 2 is 1.86 bits per heavy atom. The van der Waals surface area contributed by atoms with Crippen molar-refractivity contribution in [2.45, 2.75) is 17.6 Å². The molecule has 0 heterocycles. The lowest BCUT2D eigenvalue weighted by atomic mass is 10.1. The Balaban J connectivity index is 2.14. The number of rotatable bonds is 5. The van der Waals surface area contributed by atoms with E-state index in [-0.39, 0.29) is 5.91 Å². The fourth-order valence-corrected chi connectivity index (χ4v) is 2.40. The number of alkyl halides is 2. The van der Waals surface area contributed by atoms with Gasteiger partial charge in [-0.1, -0.05) is 17.8 Å². The second-order valence-electron chi connectivity index (χ2n) is 4.56. The van der Waals surface area contributed by atoms with Gasteiger partial charge in [-0.25, -0.2) is 0 Å². The van der Waals surface area contributed by atoms with Crippen molar-refractivity contribution in [3.8, 4) is 5.75 Å². The van der Waals surface area contributed by atoms with Gasteiger partial charge in [-0.2, -0.15) is 8.78 Å². The molecule has 0 unspecified atom stereocenters. The zero-order valence-corrected chi connectivity index (χ0v) is 12.9. The van der Waals surface area contributed by atoms with Crippen LogP contribution in [0.25, 0.3) is 0 Å². The number of ether oxygens (including phenoxy) is 1. The average Bonchev–Trinajstić information content (AvgIpc) is 2.47. The van der Waals surface area contributed by atoms with E-state index in [0.29, 0.717) is 33.7 Å². The second-order valence-corrected chi connectivity index (χ2v) is 5.62. The van der Waals surface area contributed by atoms with Gasteiger partial charge in [0, 0.05) is 10.5 Å². The largest absolute Gasteiger partial charge is 0.495 e. The van der Waals surface area contributed by atoms with Gasteiger partial charge < -0.3 is 10.1 Å². The van der Waals surface area contributed by atoms with Gasteiger partial charge in [0.25, 0.3) is 11.7 Å². The highest BCUT2D eigenvalue weighted by Gasteiger charge is 2.11. The maximum absolute atomic E-state index is 12.3. The second kappa shape index (κ2) is 7.26. The highest BCUT2D eigenvalue weighted by atomic mass is 32.2. The van der Waals surface area contributed by atoms with E-state index < -0.39 is 5.76 Å². The fraction of sp³-hybridized carbons (Fsp3) is 0.188. The summed E-state index contributed by atoms with van der Waals surface area (Å²) in [4.78, 5) is 12.6. The minimum atomic E-state index is -2.48. The van der Waals surface area contributed by atoms with E-state index in [1.165, 1.54) is 31.4 Å². The summed E-state index contributed by atoms with van der Waals surface area (Å²) >= 11 is 0.446. The molecule has 2 rings (SSSR count). The van der Waals surface area contributed by atoms with Crippen LogP contribution in [0.5, 0.6) is 5.75 Å². The molecule has 22 heavy (non-hydrogen) atoms. The lowest BCUT2D eigenvalue weighted by Crippen LogP contribution is -2.12. The van der Waals surface area contributed by atoms with Gasteiger partial charge in [0.2, 0.25) is 0 Å². The van der Waals surface area contributed by atoms with Crippen LogP contribution in [0.3, 0.4) is 0 Å². The summed E-state index contributed by atoms with van der Waals surface area (Å²) in [5.74, 6) is -2.24. The smallest absolute Gasteiger partial charge is 0.288 e. The lowest BCUT2D eigenvalue weighted by molar-refractivity contribution is 0.102. The first-order valence-electron chi connectivity index (χ1n) is 6.50. The summed E-state index contributed by atoms with van der Waals surface area (Å²) < 4.78 is 29.7. The van der Waals surface area contributed by atoms with Crippen molar-refractivity contribution in [1.82, 2.24) is 0 Å². The first-order valence-corrected chi connectivity index (χ1v) is 7.38. The first-order chi connectivity index (χ1) is 10.5. The van der Waals surface area contributed by atoms with E-state index in [9.17, 15) is 13.6 Å². The third kappa shape index (κ3) is 4.21. The van der Waals surface area contributed by atoms with E-state index in [4.69, 9.17) is 4.74 Å². The molecule has 0 saturated heterocycles. The minimum Gasteiger partial charge on any atom is -0.495 e. The van der Waals surface area contributed by atoms with Crippen molar-refractivity contribution in [3.05, 3.63) is 53.6 Å². The zero-order chi connectivity index (χ0) is 16.1. The van der Waals surface area contributed by atoms with Gasteiger partial charge in [-0.15, -0.1) is 0 Å². The first kappa shape index (κ1) is 16.3. The van der Waals surface area contributed by atoms with Crippen LogP contribution in [0, 0.1) is 6.92 Å². The normalized spacial score (nSPS) is 10.6. The van der Waals surface area contributed by atoms with Crippen molar-refractivity contribution < 1.29 is 18.3 Å². The van der Waals surface area contributed by atoms with Crippen molar-refractivity contribution in [2.75, 3.05) is 12.4 Å². The van der Waals surface area contributed by atoms with Gasteiger partial charge >= 0.3 is 0 Å². The van der Waals surface area contributed by atoms with E-state index in [1.54, 1.807) is 12.1 Å². The molecule has 0 fully saturated rings. The van der Waals surface area contributed by atoms with Gasteiger partial charge in [0.05, 0.1) is 12.8 Å². The number of thioether (sulfide) groups is 1. The van der Waals surface area contributed by atoms with Crippen LogP contribution in [-0.2, 0) is 0 Å². The summed E-state index contributed by atoms with van der Waals surface area (Å²) in [6.07, 6.45) is 0. The summed E-state index contributed by atoms with van der Waals surface area (Å²) in [5.41, 5.74) is 1.94. The molecule has 0 bridgehead atoms. The van der Waals surface area contributed by atoms with Gasteiger partial charge in [-0.05, 0) is 48.9 Å². The molecule has 1 amide bonds. The molecule has 0 radical (unpaired) electrons. The Hall–Kier alpha value is -2.08. The van der Waals surface area contributed by atoms with E-state index >= 15 is 0 Å². The monoisotopic (exact) mass is 323 g/mol. The molecule has 0 atom stereocenters. The van der Waals surface area contributed by atoms with Crippen LogP contribution in [0.2, 0.25) is 0 Å². The number of halogens is 2. The quantitative estimate of drug-likeness (QED) is 0.819. The zero-order valence-electron chi connectivity index (χ0n) is 12.1. The molecular weight excluding hydrogens is 308 g/mol. The summed E-state index contributed by atoms with van der Waals surface area (Å²) in [6.45, 7) is 1.91. The number of amides is 1. The molecular formula is C16H15F2NO2S. The van der Waals surface area contributed by atoms with Crippen molar-refractivity contribution in [1.29, 1.82) is 0 Å². The van der Waals surface area contributed by atoms with Gasteiger partial charge in [0.15, 0.2) is 0 Å². The molecule has 0 aliphatic carbocycles. The predicted octanol–water partition coefficient (Wildman–Crippen LogP) is 4.57. The van der Waals surface area contributed by atoms with Crippen LogP contribution in [0.15, 0.2) is 47.4 Å².